The number of methoxy groups -OCH3 is 1. The quantitative estimate of drug-likeness (QED) is 0.0316. The Balaban J connectivity index is 0.00000102. The van der Waals surface area contributed by atoms with Crippen molar-refractivity contribution in [3.05, 3.63) is 41.2 Å². The highest BCUT2D eigenvalue weighted by molar-refractivity contribution is 6.55. The number of carbonyl (C=O) groups excluding carboxylic acids is 5. The van der Waals surface area contributed by atoms with Crippen LogP contribution in [-0.4, -0.2) is 127 Å². The van der Waals surface area contributed by atoms with E-state index < -0.39 is 35.4 Å². The normalized spacial score (nSPS) is 16.7. The summed E-state index contributed by atoms with van der Waals surface area (Å²) in [6, 6.07) is 6.18. The van der Waals surface area contributed by atoms with Crippen LogP contribution in [0.4, 0.5) is 15.3 Å². The van der Waals surface area contributed by atoms with Gasteiger partial charge in [0.15, 0.2) is 0 Å². The molecule has 2 aliphatic carbocycles. The van der Waals surface area contributed by atoms with Gasteiger partial charge in [0.25, 0.3) is 0 Å². The molecule has 1 aromatic rings. The maximum absolute atomic E-state index is 12.6. The SMILES string of the molecule is CC(C)N(N)/C1=C(\N)CCC2CC2CC1.CCCCN.COC(=O)NCCOCCOCCN.[B]C(=O)OCc1ccc(NC(=O)CNC(=O)C(NC(=O)CC(C)(C)OCC)C(C)C)cc1. The van der Waals surface area contributed by atoms with Crippen molar-refractivity contribution >= 4 is 43.2 Å². The number of hydrogen-bond donors (Lipinski definition) is 8. The lowest BCUT2D eigenvalue weighted by Crippen LogP contribution is -2.52. The number of carbonyl (C=O) groups is 5. The van der Waals surface area contributed by atoms with Crippen LogP contribution in [0.3, 0.4) is 0 Å². The van der Waals surface area contributed by atoms with E-state index >= 15 is 0 Å². The number of benzene rings is 1. The molecule has 0 aromatic heterocycles. The van der Waals surface area contributed by atoms with Crippen molar-refractivity contribution in [1.82, 2.24) is 21.0 Å². The first-order valence-electron chi connectivity index (χ1n) is 23.2. The summed E-state index contributed by atoms with van der Waals surface area (Å²) in [6.45, 7) is 19.5. The third-order valence-corrected chi connectivity index (χ3v) is 10.2. The Bertz CT molecular complexity index is 1570. The van der Waals surface area contributed by atoms with Crippen molar-refractivity contribution in [2.75, 3.05) is 71.6 Å². The lowest BCUT2D eigenvalue weighted by Gasteiger charge is -2.28. The van der Waals surface area contributed by atoms with Crippen LogP contribution in [0.1, 0.15) is 112 Å². The van der Waals surface area contributed by atoms with Crippen LogP contribution in [0.25, 0.3) is 0 Å². The Hall–Kier alpha value is -4.47. The highest BCUT2D eigenvalue weighted by atomic mass is 16.5. The van der Waals surface area contributed by atoms with Crippen LogP contribution in [-0.2, 0) is 44.7 Å². The monoisotopic (exact) mass is 934 g/mol. The third kappa shape index (κ3) is 29.9. The molecule has 376 valence electrons. The first-order chi connectivity index (χ1) is 31.2. The van der Waals surface area contributed by atoms with E-state index in [1.807, 2.05) is 39.6 Å². The molecule has 1 aromatic carbocycles. The highest BCUT2D eigenvalue weighted by Gasteiger charge is 2.37. The van der Waals surface area contributed by atoms with Gasteiger partial charge in [0.2, 0.25) is 31.4 Å². The number of unbranched alkanes of at least 4 members (excludes halogenated alkanes) is 1. The van der Waals surface area contributed by atoms with E-state index in [0.29, 0.717) is 63.4 Å². The van der Waals surface area contributed by atoms with Gasteiger partial charge in [-0.2, -0.15) is 0 Å². The Morgan fingerprint density at radius 2 is 1.50 bits per heavy atom. The molecular formula is C46H84BN9O10. The van der Waals surface area contributed by atoms with E-state index in [4.69, 9.17) is 45.1 Å². The molecule has 0 heterocycles. The maximum Gasteiger partial charge on any atom is 0.406 e. The fraction of sp³-hybridized carbons (Fsp3) is 0.717. The maximum atomic E-state index is 12.6. The Morgan fingerprint density at radius 1 is 0.879 bits per heavy atom. The summed E-state index contributed by atoms with van der Waals surface area (Å²) in [5, 5.41) is 12.3. The molecule has 66 heavy (non-hydrogen) atoms. The summed E-state index contributed by atoms with van der Waals surface area (Å²) < 4.78 is 24.8. The largest absolute Gasteiger partial charge is 0.470 e. The molecule has 3 unspecified atom stereocenters. The molecule has 20 heteroatoms. The molecular weight excluding hydrogens is 849 g/mol. The number of amides is 4. The summed E-state index contributed by atoms with van der Waals surface area (Å²) in [4.78, 5) is 58.3. The van der Waals surface area contributed by atoms with Gasteiger partial charge in [-0.15, -0.1) is 0 Å². The van der Waals surface area contributed by atoms with E-state index in [-0.39, 0.29) is 31.4 Å². The number of nitrogens with zero attached hydrogens (tertiary/aromatic N) is 1. The number of allylic oxidation sites excluding steroid dienone is 2. The standard InChI is InChI=1S/C22H32BN3O6.C12H23N3.C8H18N2O4.C4H11N/c1-6-32-22(4,5)11-17(27)26-19(14(2)3)20(29)24-12-18(28)25-16-9-7-15(8-10-16)13-31-21(23)30;1-8(2)15(14)12-6-4-10-7-9(10)3-5-11(12)13;1-12-8(11)10-3-5-14-7-6-13-4-2-9;1-2-3-4-5/h7-10,14,19H,6,11-13H2,1-5H3,(H,24,29)(H,25,28)(H,26,27);8-10H,3-7,13-14H2,1-2H3;2-7,9H2,1H3,(H,10,11);2-5H2,1H3/b;12-11-;;. The second-order valence-electron chi connectivity index (χ2n) is 17.1. The van der Waals surface area contributed by atoms with Gasteiger partial charge in [-0.1, -0.05) is 39.3 Å². The van der Waals surface area contributed by atoms with Crippen molar-refractivity contribution in [3.63, 3.8) is 0 Å². The van der Waals surface area contributed by atoms with E-state index in [9.17, 15) is 24.0 Å². The number of ether oxygens (including phenoxy) is 5. The molecule has 1 saturated carbocycles. The van der Waals surface area contributed by atoms with Gasteiger partial charge >= 0.3 is 6.09 Å². The fourth-order valence-electron chi connectivity index (χ4n) is 6.41. The van der Waals surface area contributed by atoms with Crippen LogP contribution in [0, 0.1) is 17.8 Å². The second kappa shape index (κ2) is 35.7. The number of hydrazine groups is 1. The van der Waals surface area contributed by atoms with E-state index in [1.165, 1.54) is 44.9 Å². The molecule has 19 nitrogen and oxygen atoms in total. The minimum atomic E-state index is -0.869. The Labute approximate surface area is 395 Å². The first kappa shape index (κ1) is 61.5. The Kier molecular flexibility index (Phi) is 33.3. The van der Waals surface area contributed by atoms with E-state index in [2.05, 4.69) is 51.5 Å². The summed E-state index contributed by atoms with van der Waals surface area (Å²) in [6.07, 6.45) is 8.13. The number of alkyl carbamates (subject to hydrolysis) is 1. The van der Waals surface area contributed by atoms with Gasteiger partial charge in [-0.05, 0) is 115 Å². The highest BCUT2D eigenvalue weighted by Crippen LogP contribution is 2.47. The van der Waals surface area contributed by atoms with Crippen molar-refractivity contribution in [2.24, 2.45) is 40.8 Å². The molecule has 12 N–H and O–H groups in total. The minimum Gasteiger partial charge on any atom is -0.470 e. The Morgan fingerprint density at radius 3 is 2.02 bits per heavy atom. The first-order valence-corrected chi connectivity index (χ1v) is 23.2. The molecule has 2 aliphatic rings. The van der Waals surface area contributed by atoms with Crippen molar-refractivity contribution in [3.8, 4) is 0 Å². The zero-order valence-electron chi connectivity index (χ0n) is 41.3. The zero-order chi connectivity index (χ0) is 50.1. The van der Waals surface area contributed by atoms with Gasteiger partial charge in [-0.3, -0.25) is 19.2 Å². The predicted octanol–water partition coefficient (Wildman–Crippen LogP) is 3.92. The average molecular weight is 934 g/mol. The van der Waals surface area contributed by atoms with Gasteiger partial charge in [0, 0.05) is 42.8 Å². The zero-order valence-corrected chi connectivity index (χ0v) is 41.3. The number of rotatable bonds is 24. The summed E-state index contributed by atoms with van der Waals surface area (Å²) in [5.41, 5.74) is 19.3. The molecule has 0 aliphatic heterocycles. The smallest absolute Gasteiger partial charge is 0.406 e. The summed E-state index contributed by atoms with van der Waals surface area (Å²) in [7, 11) is 6.23. The number of anilines is 1. The summed E-state index contributed by atoms with van der Waals surface area (Å²) in [5.74, 6) is 5.77. The topological polar surface area (TPSA) is 287 Å². The van der Waals surface area contributed by atoms with E-state index in [0.717, 1.165) is 36.9 Å². The fourth-order valence-corrected chi connectivity index (χ4v) is 6.41. The van der Waals surface area contributed by atoms with Crippen LogP contribution in [0.15, 0.2) is 35.7 Å². The van der Waals surface area contributed by atoms with Crippen LogP contribution >= 0.6 is 0 Å². The van der Waals surface area contributed by atoms with Crippen molar-refractivity contribution in [1.29, 1.82) is 0 Å². The molecule has 0 saturated heterocycles. The van der Waals surface area contributed by atoms with Gasteiger partial charge < -0.3 is 67.2 Å². The molecule has 0 bridgehead atoms. The predicted molar refractivity (Wildman–Crippen MR) is 259 cm³/mol. The molecule has 3 atom stereocenters. The lowest BCUT2D eigenvalue weighted by atomic mass is 10.0. The van der Waals surface area contributed by atoms with Crippen LogP contribution < -0.4 is 44.3 Å². The van der Waals surface area contributed by atoms with Crippen LogP contribution in [0.2, 0.25) is 0 Å². The molecule has 1 fully saturated rings. The van der Waals surface area contributed by atoms with Crippen LogP contribution in [0.5, 0.6) is 0 Å². The second-order valence-corrected chi connectivity index (χ2v) is 17.1. The van der Waals surface area contributed by atoms with Crippen molar-refractivity contribution in [2.45, 2.75) is 131 Å². The lowest BCUT2D eigenvalue weighted by molar-refractivity contribution is -0.133. The molecule has 2 radical (unpaired) electrons. The minimum absolute atomic E-state index is 0.0314. The van der Waals surface area contributed by atoms with Crippen molar-refractivity contribution < 1.29 is 47.7 Å². The number of nitrogens with one attached hydrogen (secondary N) is 4. The molecule has 4 amide bonds. The summed E-state index contributed by atoms with van der Waals surface area (Å²) >= 11 is 0. The molecule has 0 spiro atoms. The van der Waals surface area contributed by atoms with Gasteiger partial charge in [-0.25, -0.2) is 10.6 Å². The average Bonchev–Trinajstić information content (AvgIpc) is 4.01. The van der Waals surface area contributed by atoms with E-state index in [1.54, 1.807) is 24.3 Å². The number of nitrogens with two attached hydrogens (primary N) is 4. The number of hydrogen-bond acceptors (Lipinski definition) is 15. The number of fused-ring (bicyclic) bond motifs is 1. The molecule has 3 rings (SSSR count). The third-order valence-electron chi connectivity index (χ3n) is 10.2. The van der Waals surface area contributed by atoms with Gasteiger partial charge in [0.1, 0.15) is 12.6 Å². The van der Waals surface area contributed by atoms with Gasteiger partial charge in [0.05, 0.1) is 52.1 Å².